The Hall–Kier alpha value is -1.67. The molecule has 6 nitrogen and oxygen atoms in total. The van der Waals surface area contributed by atoms with Crippen molar-refractivity contribution < 1.29 is 17.6 Å². The van der Waals surface area contributed by atoms with Gasteiger partial charge >= 0.3 is 0 Å². The number of carbonyl (C=O) groups excluding carboxylic acids is 1. The summed E-state index contributed by atoms with van der Waals surface area (Å²) in [7, 11) is -4.02. The van der Waals surface area contributed by atoms with Gasteiger partial charge in [-0.05, 0) is 31.9 Å². The molecule has 1 unspecified atom stereocenters. The largest absolute Gasteiger partial charge is 0.399 e. The number of sulfonamides is 1. The van der Waals surface area contributed by atoms with Crippen molar-refractivity contribution in [3.63, 3.8) is 0 Å². The monoisotopic (exact) mass is 315 g/mol. The zero-order valence-corrected chi connectivity index (χ0v) is 12.5. The molecule has 0 spiro atoms. The predicted octanol–water partition coefficient (Wildman–Crippen LogP) is 0.745. The number of anilines is 1. The van der Waals surface area contributed by atoms with Crippen LogP contribution in [0.2, 0.25) is 0 Å². The Morgan fingerprint density at radius 3 is 2.67 bits per heavy atom. The van der Waals surface area contributed by atoms with E-state index in [-0.39, 0.29) is 22.7 Å². The number of piperidine rings is 1. The van der Waals surface area contributed by atoms with Crippen molar-refractivity contribution in [2.24, 2.45) is 5.73 Å². The standard InChI is InChI=1S/C13H18FN3O3S/c1-8-10(14)6-9(15)7-12(8)21(19,20)17-5-3-2-4-11(17)13(16)18/h6-7,11H,2-5,15H2,1H3,(H2,16,18). The molecule has 1 atom stereocenters. The van der Waals surface area contributed by atoms with Gasteiger partial charge in [0.1, 0.15) is 11.9 Å². The Kier molecular flexibility index (Phi) is 4.20. The van der Waals surface area contributed by atoms with Crippen LogP contribution in [-0.4, -0.2) is 31.2 Å². The highest BCUT2D eigenvalue weighted by Crippen LogP contribution is 2.29. The average molecular weight is 315 g/mol. The van der Waals surface area contributed by atoms with Crippen molar-refractivity contribution in [3.05, 3.63) is 23.5 Å². The second-order valence-corrected chi connectivity index (χ2v) is 7.01. The molecule has 1 aromatic rings. The second-order valence-electron chi connectivity index (χ2n) is 5.16. The van der Waals surface area contributed by atoms with Gasteiger partial charge in [0.25, 0.3) is 0 Å². The van der Waals surface area contributed by atoms with Gasteiger partial charge in [0.05, 0.1) is 4.90 Å². The lowest BCUT2D eigenvalue weighted by Crippen LogP contribution is -2.50. The second kappa shape index (κ2) is 5.61. The lowest BCUT2D eigenvalue weighted by Gasteiger charge is -2.33. The van der Waals surface area contributed by atoms with Crippen LogP contribution in [0.1, 0.15) is 24.8 Å². The minimum absolute atomic E-state index is 0.0157. The van der Waals surface area contributed by atoms with E-state index in [1.165, 1.54) is 13.0 Å². The first-order valence-electron chi connectivity index (χ1n) is 6.62. The molecule has 0 aliphatic carbocycles. The zero-order chi connectivity index (χ0) is 15.8. The van der Waals surface area contributed by atoms with Gasteiger partial charge in [0, 0.05) is 17.8 Å². The molecule has 1 aliphatic rings. The smallest absolute Gasteiger partial charge is 0.244 e. The molecular weight excluding hydrogens is 297 g/mol. The Morgan fingerprint density at radius 2 is 2.05 bits per heavy atom. The molecule has 1 fully saturated rings. The van der Waals surface area contributed by atoms with Crippen molar-refractivity contribution >= 4 is 21.6 Å². The Morgan fingerprint density at radius 1 is 1.38 bits per heavy atom. The molecule has 0 bridgehead atoms. The average Bonchev–Trinajstić information content (AvgIpc) is 2.42. The SMILES string of the molecule is Cc1c(F)cc(N)cc1S(=O)(=O)N1CCCCC1C(N)=O. The van der Waals surface area contributed by atoms with E-state index in [0.717, 1.165) is 16.8 Å². The number of hydrogen-bond donors (Lipinski definition) is 2. The molecule has 1 amide bonds. The predicted molar refractivity (Wildman–Crippen MR) is 76.3 cm³/mol. The van der Waals surface area contributed by atoms with Crippen LogP contribution in [0, 0.1) is 12.7 Å². The molecular formula is C13H18FN3O3S. The van der Waals surface area contributed by atoms with Crippen LogP contribution in [0.5, 0.6) is 0 Å². The van der Waals surface area contributed by atoms with E-state index in [1.54, 1.807) is 0 Å². The summed E-state index contributed by atoms with van der Waals surface area (Å²) >= 11 is 0. The molecule has 1 saturated heterocycles. The number of nitrogen functional groups attached to an aromatic ring is 1. The molecule has 0 aromatic heterocycles. The maximum Gasteiger partial charge on any atom is 0.244 e. The highest BCUT2D eigenvalue weighted by atomic mass is 32.2. The maximum absolute atomic E-state index is 13.7. The van der Waals surface area contributed by atoms with E-state index in [2.05, 4.69) is 0 Å². The lowest BCUT2D eigenvalue weighted by atomic mass is 10.0. The first-order valence-corrected chi connectivity index (χ1v) is 8.06. The van der Waals surface area contributed by atoms with Gasteiger partial charge in [-0.25, -0.2) is 12.8 Å². The molecule has 8 heteroatoms. The quantitative estimate of drug-likeness (QED) is 0.802. The van der Waals surface area contributed by atoms with E-state index >= 15 is 0 Å². The number of amides is 1. The summed E-state index contributed by atoms with van der Waals surface area (Å²) in [6.45, 7) is 1.55. The minimum atomic E-state index is -4.02. The first kappa shape index (κ1) is 15.7. The van der Waals surface area contributed by atoms with Crippen LogP contribution in [0.3, 0.4) is 0 Å². The van der Waals surface area contributed by atoms with Crippen molar-refractivity contribution in [1.82, 2.24) is 4.31 Å². The summed E-state index contributed by atoms with van der Waals surface area (Å²) in [6.07, 6.45) is 1.73. The Balaban J connectivity index is 2.53. The third-order valence-corrected chi connectivity index (χ3v) is 5.72. The summed E-state index contributed by atoms with van der Waals surface area (Å²) in [5.41, 5.74) is 10.8. The van der Waals surface area contributed by atoms with Crippen LogP contribution in [-0.2, 0) is 14.8 Å². The van der Waals surface area contributed by atoms with E-state index in [0.29, 0.717) is 12.8 Å². The fourth-order valence-corrected chi connectivity index (χ4v) is 4.48. The summed E-state index contributed by atoms with van der Waals surface area (Å²) in [4.78, 5) is 11.3. The van der Waals surface area contributed by atoms with Crippen LogP contribution in [0.15, 0.2) is 17.0 Å². The molecule has 0 radical (unpaired) electrons. The van der Waals surface area contributed by atoms with Crippen LogP contribution >= 0.6 is 0 Å². The van der Waals surface area contributed by atoms with Crippen molar-refractivity contribution in [1.29, 1.82) is 0 Å². The van der Waals surface area contributed by atoms with Gasteiger partial charge in [-0.1, -0.05) is 6.42 Å². The van der Waals surface area contributed by atoms with E-state index in [1.807, 2.05) is 0 Å². The summed E-state index contributed by atoms with van der Waals surface area (Å²) < 4.78 is 40.2. The molecule has 1 aliphatic heterocycles. The maximum atomic E-state index is 13.7. The third kappa shape index (κ3) is 2.86. The summed E-state index contributed by atoms with van der Waals surface area (Å²) in [5, 5.41) is 0. The van der Waals surface area contributed by atoms with E-state index in [4.69, 9.17) is 11.5 Å². The normalized spacial score (nSPS) is 20.4. The fraction of sp³-hybridized carbons (Fsp3) is 0.462. The first-order chi connectivity index (χ1) is 9.75. The van der Waals surface area contributed by atoms with E-state index < -0.39 is 27.8 Å². The molecule has 21 heavy (non-hydrogen) atoms. The van der Waals surface area contributed by atoms with E-state index in [9.17, 15) is 17.6 Å². The highest BCUT2D eigenvalue weighted by molar-refractivity contribution is 7.89. The molecule has 116 valence electrons. The van der Waals surface area contributed by atoms with Gasteiger partial charge in [0.2, 0.25) is 15.9 Å². The van der Waals surface area contributed by atoms with Crippen LogP contribution in [0.4, 0.5) is 10.1 Å². The summed E-state index contributed by atoms with van der Waals surface area (Å²) in [6, 6.07) is 1.38. The molecule has 1 heterocycles. The molecule has 0 saturated carbocycles. The van der Waals surface area contributed by atoms with Gasteiger partial charge < -0.3 is 11.5 Å². The number of halogens is 1. The van der Waals surface area contributed by atoms with Crippen molar-refractivity contribution in [2.75, 3.05) is 12.3 Å². The van der Waals surface area contributed by atoms with Crippen LogP contribution < -0.4 is 11.5 Å². The minimum Gasteiger partial charge on any atom is -0.399 e. The number of nitrogens with two attached hydrogens (primary N) is 2. The number of carbonyl (C=O) groups is 1. The highest BCUT2D eigenvalue weighted by Gasteiger charge is 2.37. The Bertz CT molecular complexity index is 675. The topological polar surface area (TPSA) is 106 Å². The van der Waals surface area contributed by atoms with Gasteiger partial charge in [0.15, 0.2) is 0 Å². The third-order valence-electron chi connectivity index (χ3n) is 3.69. The fourth-order valence-electron chi connectivity index (χ4n) is 2.54. The van der Waals surface area contributed by atoms with Gasteiger partial charge in [-0.15, -0.1) is 0 Å². The molecule has 1 aromatic carbocycles. The van der Waals surface area contributed by atoms with Crippen molar-refractivity contribution in [2.45, 2.75) is 37.1 Å². The zero-order valence-electron chi connectivity index (χ0n) is 11.7. The Labute approximate surface area is 123 Å². The molecule has 4 N–H and O–H groups in total. The number of benzene rings is 1. The number of rotatable bonds is 3. The number of primary amides is 1. The molecule has 2 rings (SSSR count). The van der Waals surface area contributed by atoms with Crippen LogP contribution in [0.25, 0.3) is 0 Å². The lowest BCUT2D eigenvalue weighted by molar-refractivity contribution is -0.122. The van der Waals surface area contributed by atoms with Gasteiger partial charge in [-0.3, -0.25) is 4.79 Å². The van der Waals surface area contributed by atoms with Crippen molar-refractivity contribution in [3.8, 4) is 0 Å². The number of hydrogen-bond acceptors (Lipinski definition) is 4. The number of nitrogens with zero attached hydrogens (tertiary/aromatic N) is 1. The van der Waals surface area contributed by atoms with Gasteiger partial charge in [-0.2, -0.15) is 4.31 Å². The summed E-state index contributed by atoms with van der Waals surface area (Å²) in [5.74, 6) is -1.39.